The Morgan fingerprint density at radius 1 is 1.47 bits per heavy atom. The number of carbonyl (C=O) groups is 1. The van der Waals surface area contributed by atoms with Crippen LogP contribution in [0.5, 0.6) is 5.75 Å². The molecule has 0 bridgehead atoms. The van der Waals surface area contributed by atoms with Crippen molar-refractivity contribution in [3.8, 4) is 5.75 Å². The molecule has 1 aliphatic carbocycles. The molecule has 0 atom stereocenters. The zero-order valence-corrected chi connectivity index (χ0v) is 12.7. The van der Waals surface area contributed by atoms with Crippen LogP contribution in [0.15, 0.2) is 16.6 Å². The standard InChI is InChI=1S/C15H19BrO3/c1-10-7-12(5-6-14(17)18)15(13(16)8-10)19-9-11-3-2-4-11/h7-8,11H,2-6,9H2,1H3,(H,17,18). The van der Waals surface area contributed by atoms with E-state index in [1.807, 2.05) is 19.1 Å². The molecule has 0 unspecified atom stereocenters. The summed E-state index contributed by atoms with van der Waals surface area (Å²) < 4.78 is 6.84. The minimum atomic E-state index is -0.775. The van der Waals surface area contributed by atoms with E-state index in [0.717, 1.165) is 28.0 Å². The maximum absolute atomic E-state index is 10.7. The molecule has 19 heavy (non-hydrogen) atoms. The van der Waals surface area contributed by atoms with Crippen LogP contribution in [-0.4, -0.2) is 17.7 Å². The fourth-order valence-corrected chi connectivity index (χ4v) is 2.98. The van der Waals surface area contributed by atoms with Crippen molar-refractivity contribution in [2.75, 3.05) is 6.61 Å². The van der Waals surface area contributed by atoms with Gasteiger partial charge in [0.2, 0.25) is 0 Å². The lowest BCUT2D eigenvalue weighted by atomic mass is 9.86. The highest BCUT2D eigenvalue weighted by molar-refractivity contribution is 9.10. The summed E-state index contributed by atoms with van der Waals surface area (Å²) >= 11 is 3.52. The SMILES string of the molecule is Cc1cc(Br)c(OCC2CCC2)c(CCC(=O)O)c1. The second-order valence-corrected chi connectivity index (χ2v) is 6.09. The smallest absolute Gasteiger partial charge is 0.303 e. The normalized spacial score (nSPS) is 15.1. The Morgan fingerprint density at radius 2 is 2.21 bits per heavy atom. The number of halogens is 1. The van der Waals surface area contributed by atoms with Gasteiger partial charge in [0.05, 0.1) is 11.1 Å². The molecule has 0 spiro atoms. The molecular formula is C15H19BrO3. The van der Waals surface area contributed by atoms with E-state index in [2.05, 4.69) is 15.9 Å². The van der Waals surface area contributed by atoms with Gasteiger partial charge in [0.15, 0.2) is 0 Å². The van der Waals surface area contributed by atoms with Crippen molar-refractivity contribution in [1.82, 2.24) is 0 Å². The number of aryl methyl sites for hydroxylation is 2. The van der Waals surface area contributed by atoms with Gasteiger partial charge in [0.25, 0.3) is 0 Å². The van der Waals surface area contributed by atoms with Crippen LogP contribution >= 0.6 is 15.9 Å². The molecule has 104 valence electrons. The van der Waals surface area contributed by atoms with Crippen LogP contribution in [-0.2, 0) is 11.2 Å². The van der Waals surface area contributed by atoms with Crippen molar-refractivity contribution in [1.29, 1.82) is 0 Å². The van der Waals surface area contributed by atoms with Crippen LogP contribution < -0.4 is 4.74 Å². The molecule has 3 nitrogen and oxygen atoms in total. The number of aliphatic carboxylic acids is 1. The number of benzene rings is 1. The first-order valence-electron chi connectivity index (χ1n) is 6.70. The summed E-state index contributed by atoms with van der Waals surface area (Å²) in [5, 5.41) is 8.82. The van der Waals surface area contributed by atoms with Gasteiger partial charge in [0, 0.05) is 6.42 Å². The molecule has 0 aliphatic heterocycles. The van der Waals surface area contributed by atoms with Gasteiger partial charge in [-0.05, 0) is 65.2 Å². The highest BCUT2D eigenvalue weighted by atomic mass is 79.9. The van der Waals surface area contributed by atoms with Crippen molar-refractivity contribution in [3.05, 3.63) is 27.7 Å². The summed E-state index contributed by atoms with van der Waals surface area (Å²) in [5.74, 6) is 0.710. The second kappa shape index (κ2) is 6.42. The highest BCUT2D eigenvalue weighted by Crippen LogP contribution is 2.34. The maximum atomic E-state index is 10.7. The number of hydrogen-bond acceptors (Lipinski definition) is 2. The molecule has 1 aliphatic rings. The van der Waals surface area contributed by atoms with Gasteiger partial charge in [-0.2, -0.15) is 0 Å². The largest absolute Gasteiger partial charge is 0.492 e. The monoisotopic (exact) mass is 326 g/mol. The summed E-state index contributed by atoms with van der Waals surface area (Å²) in [7, 11) is 0. The Kier molecular flexibility index (Phi) is 4.86. The number of rotatable bonds is 6. The molecule has 0 saturated heterocycles. The zero-order valence-electron chi connectivity index (χ0n) is 11.1. The van der Waals surface area contributed by atoms with Crippen LogP contribution in [0, 0.1) is 12.8 Å². The Labute approximate surface area is 122 Å². The summed E-state index contributed by atoms with van der Waals surface area (Å²) in [6, 6.07) is 4.03. The molecule has 1 aromatic carbocycles. The number of carboxylic acids is 1. The molecule has 0 aromatic heterocycles. The molecule has 1 fully saturated rings. The molecule has 0 amide bonds. The average molecular weight is 327 g/mol. The van der Waals surface area contributed by atoms with E-state index in [0.29, 0.717) is 12.3 Å². The number of carboxylic acid groups (broad SMARTS) is 1. The summed E-state index contributed by atoms with van der Waals surface area (Å²) in [6.07, 6.45) is 4.43. The van der Waals surface area contributed by atoms with Gasteiger partial charge < -0.3 is 9.84 Å². The van der Waals surface area contributed by atoms with Crippen LogP contribution in [0.25, 0.3) is 0 Å². The minimum absolute atomic E-state index is 0.135. The fraction of sp³-hybridized carbons (Fsp3) is 0.533. The molecule has 1 aromatic rings. The van der Waals surface area contributed by atoms with Crippen LogP contribution in [0.4, 0.5) is 0 Å². The van der Waals surface area contributed by atoms with E-state index in [1.54, 1.807) is 0 Å². The van der Waals surface area contributed by atoms with Crippen molar-refractivity contribution in [2.45, 2.75) is 39.0 Å². The van der Waals surface area contributed by atoms with E-state index >= 15 is 0 Å². The van der Waals surface area contributed by atoms with E-state index in [4.69, 9.17) is 9.84 Å². The van der Waals surface area contributed by atoms with Crippen molar-refractivity contribution < 1.29 is 14.6 Å². The van der Waals surface area contributed by atoms with Gasteiger partial charge in [0.1, 0.15) is 5.75 Å². The third-order valence-electron chi connectivity index (χ3n) is 3.56. The first kappa shape index (κ1) is 14.4. The summed E-state index contributed by atoms with van der Waals surface area (Å²) in [4.78, 5) is 10.7. The highest BCUT2D eigenvalue weighted by Gasteiger charge is 2.19. The maximum Gasteiger partial charge on any atom is 0.303 e. The first-order valence-corrected chi connectivity index (χ1v) is 7.49. The predicted molar refractivity (Wildman–Crippen MR) is 77.7 cm³/mol. The van der Waals surface area contributed by atoms with Crippen LogP contribution in [0.2, 0.25) is 0 Å². The van der Waals surface area contributed by atoms with Crippen molar-refractivity contribution >= 4 is 21.9 Å². The molecule has 4 heteroatoms. The Balaban J connectivity index is 2.10. The van der Waals surface area contributed by atoms with Gasteiger partial charge in [-0.3, -0.25) is 4.79 Å². The lowest BCUT2D eigenvalue weighted by molar-refractivity contribution is -0.136. The number of ether oxygens (including phenoxy) is 1. The lowest BCUT2D eigenvalue weighted by Gasteiger charge is -2.26. The van der Waals surface area contributed by atoms with Gasteiger partial charge in [-0.15, -0.1) is 0 Å². The first-order chi connectivity index (χ1) is 9.06. The quantitative estimate of drug-likeness (QED) is 0.860. The molecular weight excluding hydrogens is 308 g/mol. The van der Waals surface area contributed by atoms with Gasteiger partial charge >= 0.3 is 5.97 Å². The molecule has 0 heterocycles. The second-order valence-electron chi connectivity index (χ2n) is 5.24. The fourth-order valence-electron chi connectivity index (χ4n) is 2.25. The molecule has 2 rings (SSSR count). The van der Waals surface area contributed by atoms with Crippen LogP contribution in [0.3, 0.4) is 0 Å². The third kappa shape index (κ3) is 3.96. The topological polar surface area (TPSA) is 46.5 Å². The third-order valence-corrected chi connectivity index (χ3v) is 4.15. The van der Waals surface area contributed by atoms with Gasteiger partial charge in [-0.1, -0.05) is 12.5 Å². The molecule has 1 N–H and O–H groups in total. The van der Waals surface area contributed by atoms with E-state index < -0.39 is 5.97 Å². The van der Waals surface area contributed by atoms with Crippen molar-refractivity contribution in [2.24, 2.45) is 5.92 Å². The zero-order chi connectivity index (χ0) is 13.8. The summed E-state index contributed by atoms with van der Waals surface area (Å²) in [6.45, 7) is 2.74. The van der Waals surface area contributed by atoms with E-state index in [9.17, 15) is 4.79 Å². The average Bonchev–Trinajstić information content (AvgIpc) is 2.26. The Bertz CT molecular complexity index is 467. The summed E-state index contributed by atoms with van der Waals surface area (Å²) in [5.41, 5.74) is 2.09. The van der Waals surface area contributed by atoms with E-state index in [-0.39, 0.29) is 6.42 Å². The molecule has 1 saturated carbocycles. The van der Waals surface area contributed by atoms with E-state index in [1.165, 1.54) is 19.3 Å². The van der Waals surface area contributed by atoms with Crippen molar-refractivity contribution in [3.63, 3.8) is 0 Å². The Morgan fingerprint density at radius 3 is 2.79 bits per heavy atom. The number of hydrogen-bond donors (Lipinski definition) is 1. The molecule has 0 radical (unpaired) electrons. The lowest BCUT2D eigenvalue weighted by Crippen LogP contribution is -2.20. The predicted octanol–water partition coefficient (Wildman–Crippen LogP) is 3.95. The van der Waals surface area contributed by atoms with Gasteiger partial charge in [-0.25, -0.2) is 0 Å². The van der Waals surface area contributed by atoms with Crippen LogP contribution in [0.1, 0.15) is 36.8 Å². The minimum Gasteiger partial charge on any atom is -0.492 e. The Hall–Kier alpha value is -1.03.